The minimum absolute atomic E-state index is 0. The number of hydrogen-bond donors (Lipinski definition) is 1. The van der Waals surface area contributed by atoms with Crippen molar-refractivity contribution in [2.75, 3.05) is 26.0 Å². The Balaban J connectivity index is 0.00000208. The van der Waals surface area contributed by atoms with Gasteiger partial charge in [0.15, 0.2) is 0 Å². The van der Waals surface area contributed by atoms with E-state index in [1.54, 1.807) is 7.11 Å². The van der Waals surface area contributed by atoms with E-state index >= 15 is 0 Å². The van der Waals surface area contributed by atoms with Crippen LogP contribution in [0.1, 0.15) is 23.6 Å². The molecular formula is C20H27ClN2O. The van der Waals surface area contributed by atoms with Crippen molar-refractivity contribution in [1.29, 1.82) is 0 Å². The SMILES string of the molecule is COc1ccccc1CC(C)N(C)Cc1cccc2c1NCC2.Cl. The van der Waals surface area contributed by atoms with Gasteiger partial charge in [-0.15, -0.1) is 12.4 Å². The zero-order valence-corrected chi connectivity index (χ0v) is 15.5. The Labute approximate surface area is 151 Å². The van der Waals surface area contributed by atoms with Crippen LogP contribution in [0.15, 0.2) is 42.5 Å². The van der Waals surface area contributed by atoms with Crippen molar-refractivity contribution in [2.24, 2.45) is 0 Å². The molecule has 3 nitrogen and oxygen atoms in total. The topological polar surface area (TPSA) is 24.5 Å². The number of halogens is 1. The Morgan fingerprint density at radius 2 is 1.88 bits per heavy atom. The van der Waals surface area contributed by atoms with Crippen molar-refractivity contribution in [1.82, 2.24) is 4.90 Å². The highest BCUT2D eigenvalue weighted by atomic mass is 35.5. The molecule has 3 rings (SSSR count). The van der Waals surface area contributed by atoms with E-state index in [-0.39, 0.29) is 12.4 Å². The largest absolute Gasteiger partial charge is 0.496 e. The van der Waals surface area contributed by atoms with Gasteiger partial charge in [0.05, 0.1) is 7.11 Å². The van der Waals surface area contributed by atoms with E-state index in [0.717, 1.165) is 31.7 Å². The molecule has 1 N–H and O–H groups in total. The predicted molar refractivity (Wildman–Crippen MR) is 104 cm³/mol. The van der Waals surface area contributed by atoms with Crippen LogP contribution >= 0.6 is 12.4 Å². The average Bonchev–Trinajstić information content (AvgIpc) is 3.05. The van der Waals surface area contributed by atoms with Gasteiger partial charge in [-0.2, -0.15) is 0 Å². The van der Waals surface area contributed by atoms with Crippen LogP contribution in [0.3, 0.4) is 0 Å². The third-order valence-electron chi connectivity index (χ3n) is 4.81. The second kappa shape index (κ2) is 8.41. The molecule has 1 unspecified atom stereocenters. The van der Waals surface area contributed by atoms with Crippen molar-refractivity contribution in [3.05, 3.63) is 59.2 Å². The molecule has 130 valence electrons. The van der Waals surface area contributed by atoms with E-state index in [9.17, 15) is 0 Å². The lowest BCUT2D eigenvalue weighted by molar-refractivity contribution is 0.247. The number of benzene rings is 2. The summed E-state index contributed by atoms with van der Waals surface area (Å²) in [6.45, 7) is 4.31. The lowest BCUT2D eigenvalue weighted by Crippen LogP contribution is -2.30. The zero-order chi connectivity index (χ0) is 16.2. The van der Waals surface area contributed by atoms with Gasteiger partial charge in [0.1, 0.15) is 5.75 Å². The first kappa shape index (κ1) is 18.6. The second-order valence-corrected chi connectivity index (χ2v) is 6.41. The number of ether oxygens (including phenoxy) is 1. The Morgan fingerprint density at radius 1 is 1.12 bits per heavy atom. The molecule has 4 heteroatoms. The molecule has 0 aromatic heterocycles. The van der Waals surface area contributed by atoms with Crippen molar-refractivity contribution in [2.45, 2.75) is 32.4 Å². The quantitative estimate of drug-likeness (QED) is 0.850. The molecule has 0 saturated carbocycles. The van der Waals surface area contributed by atoms with Crippen LogP contribution in [0.5, 0.6) is 5.75 Å². The van der Waals surface area contributed by atoms with Gasteiger partial charge in [0, 0.05) is 24.8 Å². The molecule has 0 radical (unpaired) electrons. The Hall–Kier alpha value is -1.71. The molecule has 0 saturated heterocycles. The Morgan fingerprint density at radius 3 is 2.67 bits per heavy atom. The molecule has 1 atom stereocenters. The smallest absolute Gasteiger partial charge is 0.122 e. The minimum Gasteiger partial charge on any atom is -0.496 e. The third kappa shape index (κ3) is 4.03. The van der Waals surface area contributed by atoms with Gasteiger partial charge in [-0.1, -0.05) is 36.4 Å². The molecule has 0 spiro atoms. The van der Waals surface area contributed by atoms with E-state index in [1.165, 1.54) is 22.4 Å². The number of nitrogens with one attached hydrogen (secondary N) is 1. The molecule has 1 aliphatic heterocycles. The summed E-state index contributed by atoms with van der Waals surface area (Å²) in [4.78, 5) is 2.42. The number of likely N-dealkylation sites (N-methyl/N-ethyl adjacent to an activating group) is 1. The maximum atomic E-state index is 5.48. The molecule has 0 aliphatic carbocycles. The summed E-state index contributed by atoms with van der Waals surface area (Å²) in [5, 5.41) is 3.53. The summed E-state index contributed by atoms with van der Waals surface area (Å²) >= 11 is 0. The van der Waals surface area contributed by atoms with Crippen LogP contribution in [0.2, 0.25) is 0 Å². The van der Waals surface area contributed by atoms with E-state index in [2.05, 4.69) is 54.5 Å². The zero-order valence-electron chi connectivity index (χ0n) is 14.7. The van der Waals surface area contributed by atoms with Gasteiger partial charge >= 0.3 is 0 Å². The highest BCUT2D eigenvalue weighted by Crippen LogP contribution is 2.28. The van der Waals surface area contributed by atoms with Gasteiger partial charge in [0.2, 0.25) is 0 Å². The fraction of sp³-hybridized carbons (Fsp3) is 0.400. The molecule has 2 aromatic rings. The van der Waals surface area contributed by atoms with Crippen LogP contribution in [0.25, 0.3) is 0 Å². The molecule has 1 aliphatic rings. The lowest BCUT2D eigenvalue weighted by Gasteiger charge is -2.26. The standard InChI is InChI=1S/C20H26N2O.ClH/c1-15(13-17-7-4-5-10-19(17)23-3)22(2)14-18-9-6-8-16-11-12-21-20(16)18;/h4-10,15,21H,11-14H2,1-3H3;1H. The number of nitrogens with zero attached hydrogens (tertiary/aromatic N) is 1. The van der Waals surface area contributed by atoms with Crippen LogP contribution in [-0.2, 0) is 19.4 Å². The number of fused-ring (bicyclic) bond motifs is 1. The molecule has 1 heterocycles. The van der Waals surface area contributed by atoms with Gasteiger partial charge in [-0.25, -0.2) is 0 Å². The average molecular weight is 347 g/mol. The predicted octanol–water partition coefficient (Wildman–Crippen LogP) is 4.15. The van der Waals surface area contributed by atoms with Gasteiger partial charge in [0.25, 0.3) is 0 Å². The van der Waals surface area contributed by atoms with E-state index < -0.39 is 0 Å². The Kier molecular flexibility index (Phi) is 6.52. The number of rotatable bonds is 6. The molecule has 0 bridgehead atoms. The monoisotopic (exact) mass is 346 g/mol. The first-order valence-electron chi connectivity index (χ1n) is 8.36. The fourth-order valence-electron chi connectivity index (χ4n) is 3.31. The fourth-order valence-corrected chi connectivity index (χ4v) is 3.31. The van der Waals surface area contributed by atoms with Crippen LogP contribution in [0, 0.1) is 0 Å². The highest BCUT2D eigenvalue weighted by molar-refractivity contribution is 5.85. The van der Waals surface area contributed by atoms with Crippen LogP contribution in [-0.4, -0.2) is 31.6 Å². The highest BCUT2D eigenvalue weighted by Gasteiger charge is 2.17. The summed E-state index contributed by atoms with van der Waals surface area (Å²) in [5.74, 6) is 0.981. The van der Waals surface area contributed by atoms with Gasteiger partial charge in [-0.05, 0) is 49.6 Å². The van der Waals surface area contributed by atoms with Gasteiger partial charge < -0.3 is 10.1 Å². The third-order valence-corrected chi connectivity index (χ3v) is 4.81. The normalized spacial score (nSPS) is 13.8. The van der Waals surface area contributed by atoms with Crippen molar-refractivity contribution in [3.63, 3.8) is 0 Å². The maximum Gasteiger partial charge on any atom is 0.122 e. The lowest BCUT2D eigenvalue weighted by atomic mass is 10.0. The van der Waals surface area contributed by atoms with Crippen molar-refractivity contribution >= 4 is 18.1 Å². The number of para-hydroxylation sites is 2. The van der Waals surface area contributed by atoms with E-state index in [1.807, 2.05) is 12.1 Å². The molecule has 0 amide bonds. The Bertz CT molecular complexity index is 674. The van der Waals surface area contributed by atoms with Crippen molar-refractivity contribution in [3.8, 4) is 5.75 Å². The van der Waals surface area contributed by atoms with Crippen LogP contribution in [0.4, 0.5) is 5.69 Å². The number of hydrogen-bond acceptors (Lipinski definition) is 3. The number of methoxy groups -OCH3 is 1. The summed E-state index contributed by atoms with van der Waals surface area (Å²) in [6, 6.07) is 15.4. The molecule has 2 aromatic carbocycles. The van der Waals surface area contributed by atoms with Crippen molar-refractivity contribution < 1.29 is 4.74 Å². The summed E-state index contributed by atoms with van der Waals surface area (Å²) < 4.78 is 5.48. The first-order chi connectivity index (χ1) is 11.2. The summed E-state index contributed by atoms with van der Waals surface area (Å²) in [6.07, 6.45) is 2.13. The molecular weight excluding hydrogens is 320 g/mol. The molecule has 24 heavy (non-hydrogen) atoms. The summed E-state index contributed by atoms with van der Waals surface area (Å²) in [5.41, 5.74) is 5.47. The second-order valence-electron chi connectivity index (χ2n) is 6.41. The number of anilines is 1. The molecule has 0 fully saturated rings. The first-order valence-corrected chi connectivity index (χ1v) is 8.36. The van der Waals surface area contributed by atoms with Crippen LogP contribution < -0.4 is 10.1 Å². The minimum atomic E-state index is 0. The van der Waals surface area contributed by atoms with E-state index in [0.29, 0.717) is 6.04 Å². The maximum absolute atomic E-state index is 5.48. The van der Waals surface area contributed by atoms with Gasteiger partial charge in [-0.3, -0.25) is 4.90 Å². The summed E-state index contributed by atoms with van der Waals surface area (Å²) in [7, 11) is 3.95. The van der Waals surface area contributed by atoms with E-state index in [4.69, 9.17) is 4.74 Å².